The van der Waals surface area contributed by atoms with Crippen molar-refractivity contribution in [3.05, 3.63) is 0 Å². The first-order valence-corrected chi connectivity index (χ1v) is 7.58. The van der Waals surface area contributed by atoms with Crippen LogP contribution in [0.4, 0.5) is 0 Å². The van der Waals surface area contributed by atoms with E-state index in [0.717, 1.165) is 25.7 Å². The number of aliphatic carboxylic acids is 1. The van der Waals surface area contributed by atoms with Gasteiger partial charge >= 0.3 is 5.97 Å². The smallest absolute Gasteiger partial charge is 0.326 e. The Morgan fingerprint density at radius 3 is 2.63 bits per heavy atom. The molecule has 1 saturated heterocycles. The maximum atomic E-state index is 12.4. The molecule has 4 atom stereocenters. The average Bonchev–Trinajstić information content (AvgIpc) is 2.78. The molecule has 4 unspecified atom stereocenters. The molecule has 2 fully saturated rings. The third-order valence-electron chi connectivity index (χ3n) is 4.88. The van der Waals surface area contributed by atoms with Crippen LogP contribution in [0.15, 0.2) is 0 Å². The zero-order chi connectivity index (χ0) is 14.0. The summed E-state index contributed by atoms with van der Waals surface area (Å²) < 4.78 is 0. The van der Waals surface area contributed by atoms with Crippen molar-refractivity contribution in [1.29, 1.82) is 0 Å². The summed E-state index contributed by atoms with van der Waals surface area (Å²) in [6.07, 6.45) is 6.49. The number of hydrogen-bond acceptors (Lipinski definition) is 2. The Hall–Kier alpha value is -1.06. The number of carbonyl (C=O) groups excluding carboxylic acids is 1. The van der Waals surface area contributed by atoms with Crippen LogP contribution < -0.4 is 0 Å². The first-order valence-electron chi connectivity index (χ1n) is 7.58. The van der Waals surface area contributed by atoms with Gasteiger partial charge in [-0.1, -0.05) is 33.1 Å². The van der Waals surface area contributed by atoms with Crippen molar-refractivity contribution in [2.75, 3.05) is 0 Å². The standard InChI is InChI=1S/C15H25NO3/c1-3-10(2)8-14(17)16-12-7-5-4-6-11(12)9-13(16)15(18)19/h10-13H,3-9H2,1-2H3,(H,18,19). The fourth-order valence-corrected chi connectivity index (χ4v) is 3.59. The summed E-state index contributed by atoms with van der Waals surface area (Å²) >= 11 is 0. The van der Waals surface area contributed by atoms with E-state index in [0.29, 0.717) is 24.7 Å². The Kier molecular flexibility index (Phi) is 4.48. The summed E-state index contributed by atoms with van der Waals surface area (Å²) in [5.41, 5.74) is 0. The molecular formula is C15H25NO3. The van der Waals surface area contributed by atoms with Crippen molar-refractivity contribution in [2.45, 2.75) is 70.9 Å². The number of carbonyl (C=O) groups is 2. The fraction of sp³-hybridized carbons (Fsp3) is 0.867. The predicted molar refractivity (Wildman–Crippen MR) is 72.7 cm³/mol. The molecule has 19 heavy (non-hydrogen) atoms. The number of carboxylic acid groups (broad SMARTS) is 1. The van der Waals surface area contributed by atoms with E-state index in [4.69, 9.17) is 0 Å². The number of nitrogens with zero attached hydrogens (tertiary/aromatic N) is 1. The number of hydrogen-bond donors (Lipinski definition) is 1. The molecule has 0 spiro atoms. The highest BCUT2D eigenvalue weighted by atomic mass is 16.4. The topological polar surface area (TPSA) is 57.6 Å². The van der Waals surface area contributed by atoms with Gasteiger partial charge in [-0.2, -0.15) is 0 Å². The molecule has 1 aliphatic heterocycles. The van der Waals surface area contributed by atoms with Gasteiger partial charge in [0.25, 0.3) is 0 Å². The second-order valence-corrected chi connectivity index (χ2v) is 6.22. The average molecular weight is 267 g/mol. The normalized spacial score (nSPS) is 31.9. The lowest BCUT2D eigenvalue weighted by molar-refractivity contribution is -0.150. The lowest BCUT2D eigenvalue weighted by atomic mass is 9.84. The van der Waals surface area contributed by atoms with E-state index in [2.05, 4.69) is 13.8 Å². The zero-order valence-corrected chi connectivity index (χ0v) is 12.0. The van der Waals surface area contributed by atoms with Gasteiger partial charge in [0.2, 0.25) is 5.91 Å². The highest BCUT2D eigenvalue weighted by molar-refractivity contribution is 5.85. The molecule has 2 rings (SSSR count). The second-order valence-electron chi connectivity index (χ2n) is 6.22. The highest BCUT2D eigenvalue weighted by Gasteiger charge is 2.47. The molecule has 0 aromatic carbocycles. The van der Waals surface area contributed by atoms with Crippen molar-refractivity contribution in [3.8, 4) is 0 Å². The number of fused-ring (bicyclic) bond motifs is 1. The minimum atomic E-state index is -0.827. The maximum Gasteiger partial charge on any atom is 0.326 e. The number of likely N-dealkylation sites (tertiary alicyclic amines) is 1. The number of carboxylic acids is 1. The third-order valence-corrected chi connectivity index (χ3v) is 4.88. The first kappa shape index (κ1) is 14.4. The molecule has 1 amide bonds. The van der Waals surface area contributed by atoms with E-state index in [1.165, 1.54) is 6.42 Å². The quantitative estimate of drug-likeness (QED) is 0.852. The molecule has 0 radical (unpaired) electrons. The van der Waals surface area contributed by atoms with Crippen molar-refractivity contribution in [1.82, 2.24) is 4.90 Å². The van der Waals surface area contributed by atoms with Gasteiger partial charge in [-0.3, -0.25) is 4.79 Å². The minimum Gasteiger partial charge on any atom is -0.480 e. The maximum absolute atomic E-state index is 12.4. The van der Waals surface area contributed by atoms with E-state index in [1.54, 1.807) is 4.90 Å². The van der Waals surface area contributed by atoms with Gasteiger partial charge in [0, 0.05) is 12.5 Å². The van der Waals surface area contributed by atoms with Crippen LogP contribution in [0.2, 0.25) is 0 Å². The Morgan fingerprint density at radius 1 is 1.32 bits per heavy atom. The third kappa shape index (κ3) is 2.93. The summed E-state index contributed by atoms with van der Waals surface area (Å²) in [5, 5.41) is 9.38. The van der Waals surface area contributed by atoms with Gasteiger partial charge < -0.3 is 10.0 Å². The minimum absolute atomic E-state index is 0.0520. The molecule has 1 aliphatic carbocycles. The predicted octanol–water partition coefficient (Wildman–Crippen LogP) is 2.67. The van der Waals surface area contributed by atoms with E-state index in [1.807, 2.05) is 0 Å². The van der Waals surface area contributed by atoms with E-state index >= 15 is 0 Å². The van der Waals surface area contributed by atoms with Crippen LogP contribution in [0.1, 0.15) is 58.8 Å². The Labute approximate surface area is 115 Å². The van der Waals surface area contributed by atoms with Gasteiger partial charge in [-0.05, 0) is 31.1 Å². The van der Waals surface area contributed by atoms with Gasteiger partial charge in [-0.15, -0.1) is 0 Å². The van der Waals surface area contributed by atoms with E-state index in [9.17, 15) is 14.7 Å². The largest absolute Gasteiger partial charge is 0.480 e. The van der Waals surface area contributed by atoms with E-state index in [-0.39, 0.29) is 11.9 Å². The molecule has 4 nitrogen and oxygen atoms in total. The molecule has 4 heteroatoms. The molecule has 1 heterocycles. The van der Waals surface area contributed by atoms with Crippen LogP contribution >= 0.6 is 0 Å². The molecule has 108 valence electrons. The molecule has 1 N–H and O–H groups in total. The van der Waals surface area contributed by atoms with Crippen LogP contribution in [-0.4, -0.2) is 34.0 Å². The Morgan fingerprint density at radius 2 is 2.00 bits per heavy atom. The SMILES string of the molecule is CCC(C)CC(=O)N1C(C(=O)O)CC2CCCCC21. The molecule has 0 aromatic heterocycles. The second kappa shape index (κ2) is 5.93. The molecule has 0 bridgehead atoms. The zero-order valence-electron chi connectivity index (χ0n) is 12.0. The summed E-state index contributed by atoms with van der Waals surface area (Å²) in [4.78, 5) is 25.6. The lowest BCUT2D eigenvalue weighted by Gasteiger charge is -2.33. The fourth-order valence-electron chi connectivity index (χ4n) is 3.59. The highest BCUT2D eigenvalue weighted by Crippen LogP contribution is 2.40. The number of rotatable bonds is 4. The Balaban J connectivity index is 2.13. The molecule has 1 saturated carbocycles. The first-order chi connectivity index (χ1) is 9.04. The van der Waals surface area contributed by atoms with Crippen LogP contribution in [0.5, 0.6) is 0 Å². The van der Waals surface area contributed by atoms with Crippen molar-refractivity contribution < 1.29 is 14.7 Å². The monoisotopic (exact) mass is 267 g/mol. The van der Waals surface area contributed by atoms with Crippen LogP contribution in [-0.2, 0) is 9.59 Å². The van der Waals surface area contributed by atoms with Gasteiger partial charge in [-0.25, -0.2) is 4.79 Å². The van der Waals surface area contributed by atoms with Crippen molar-refractivity contribution in [2.24, 2.45) is 11.8 Å². The van der Waals surface area contributed by atoms with Gasteiger partial charge in [0.05, 0.1) is 0 Å². The molecule has 2 aliphatic rings. The lowest BCUT2D eigenvalue weighted by Crippen LogP contribution is -2.46. The summed E-state index contributed by atoms with van der Waals surface area (Å²) in [5.74, 6) is -0.0247. The van der Waals surface area contributed by atoms with Crippen molar-refractivity contribution >= 4 is 11.9 Å². The van der Waals surface area contributed by atoms with Crippen LogP contribution in [0, 0.1) is 11.8 Å². The molecule has 0 aromatic rings. The van der Waals surface area contributed by atoms with Gasteiger partial charge in [0.1, 0.15) is 6.04 Å². The summed E-state index contributed by atoms with van der Waals surface area (Å²) in [6.45, 7) is 4.13. The van der Waals surface area contributed by atoms with Crippen LogP contribution in [0.3, 0.4) is 0 Å². The molecular weight excluding hydrogens is 242 g/mol. The van der Waals surface area contributed by atoms with Crippen molar-refractivity contribution in [3.63, 3.8) is 0 Å². The number of amides is 1. The summed E-state index contributed by atoms with van der Waals surface area (Å²) in [7, 11) is 0. The van der Waals surface area contributed by atoms with E-state index < -0.39 is 12.0 Å². The van der Waals surface area contributed by atoms with Crippen LogP contribution in [0.25, 0.3) is 0 Å². The van der Waals surface area contributed by atoms with Gasteiger partial charge in [0.15, 0.2) is 0 Å². The summed E-state index contributed by atoms with van der Waals surface area (Å²) in [6, 6.07) is -0.393. The Bertz CT molecular complexity index is 355.